The number of halogens is 1. The minimum atomic E-state index is -1.11. The SMILES string of the molecule is CCCC(C)C(=O)Nc1c(Cl)cccc1C(=O)O. The lowest BCUT2D eigenvalue weighted by Gasteiger charge is -2.14. The molecule has 4 nitrogen and oxygen atoms in total. The molecule has 1 atom stereocenters. The van der Waals surface area contributed by atoms with Crippen LogP contribution in [0, 0.1) is 5.92 Å². The molecule has 0 bridgehead atoms. The highest BCUT2D eigenvalue weighted by Crippen LogP contribution is 2.26. The Labute approximate surface area is 111 Å². The first-order valence-electron chi connectivity index (χ1n) is 5.80. The Morgan fingerprint density at radius 1 is 1.44 bits per heavy atom. The van der Waals surface area contributed by atoms with E-state index in [0.29, 0.717) is 0 Å². The minimum Gasteiger partial charge on any atom is -0.478 e. The predicted molar refractivity (Wildman–Crippen MR) is 71.1 cm³/mol. The Morgan fingerprint density at radius 2 is 2.11 bits per heavy atom. The second-order valence-corrected chi connectivity index (χ2v) is 4.55. The van der Waals surface area contributed by atoms with Crippen molar-refractivity contribution in [2.24, 2.45) is 5.92 Å². The van der Waals surface area contributed by atoms with Gasteiger partial charge in [0.25, 0.3) is 0 Å². The Bertz CT molecular complexity index is 460. The number of nitrogens with one attached hydrogen (secondary N) is 1. The zero-order chi connectivity index (χ0) is 13.7. The standard InChI is InChI=1S/C13H16ClNO3/c1-3-5-8(2)12(16)15-11-9(13(17)18)6-4-7-10(11)14/h4,6-8H,3,5H2,1-2H3,(H,15,16)(H,17,18). The Kier molecular flexibility index (Phi) is 5.16. The van der Waals surface area contributed by atoms with Crippen molar-refractivity contribution in [1.29, 1.82) is 0 Å². The number of amides is 1. The van der Waals surface area contributed by atoms with Gasteiger partial charge in [-0.25, -0.2) is 4.79 Å². The van der Waals surface area contributed by atoms with E-state index in [2.05, 4.69) is 5.32 Å². The average molecular weight is 270 g/mol. The lowest BCUT2D eigenvalue weighted by molar-refractivity contribution is -0.119. The smallest absolute Gasteiger partial charge is 0.337 e. The third-order valence-electron chi connectivity index (χ3n) is 2.66. The molecule has 1 amide bonds. The number of carbonyl (C=O) groups is 2. The van der Waals surface area contributed by atoms with Crippen molar-refractivity contribution in [2.45, 2.75) is 26.7 Å². The molecule has 0 radical (unpaired) electrons. The Morgan fingerprint density at radius 3 is 2.67 bits per heavy atom. The van der Waals surface area contributed by atoms with E-state index in [9.17, 15) is 9.59 Å². The van der Waals surface area contributed by atoms with E-state index >= 15 is 0 Å². The summed E-state index contributed by atoms with van der Waals surface area (Å²) in [6.45, 7) is 3.79. The highest BCUT2D eigenvalue weighted by atomic mass is 35.5. The summed E-state index contributed by atoms with van der Waals surface area (Å²) in [5.41, 5.74) is 0.166. The molecule has 18 heavy (non-hydrogen) atoms. The molecular formula is C13H16ClNO3. The highest BCUT2D eigenvalue weighted by molar-refractivity contribution is 6.34. The van der Waals surface area contributed by atoms with Gasteiger partial charge >= 0.3 is 5.97 Å². The summed E-state index contributed by atoms with van der Waals surface area (Å²) in [6.07, 6.45) is 1.64. The van der Waals surface area contributed by atoms with Crippen LogP contribution in [0.3, 0.4) is 0 Å². The molecule has 1 aromatic carbocycles. The van der Waals surface area contributed by atoms with Gasteiger partial charge in [-0.3, -0.25) is 4.79 Å². The maximum absolute atomic E-state index is 11.9. The summed E-state index contributed by atoms with van der Waals surface area (Å²) in [5.74, 6) is -1.50. The second kappa shape index (κ2) is 6.40. The van der Waals surface area contributed by atoms with Gasteiger partial charge in [0.1, 0.15) is 0 Å². The lowest BCUT2D eigenvalue weighted by atomic mass is 10.0. The fraction of sp³-hybridized carbons (Fsp3) is 0.385. The molecule has 0 saturated heterocycles. The van der Waals surface area contributed by atoms with Gasteiger partial charge in [-0.05, 0) is 18.6 Å². The molecule has 0 heterocycles. The van der Waals surface area contributed by atoms with E-state index in [1.165, 1.54) is 12.1 Å². The van der Waals surface area contributed by atoms with Crippen LogP contribution in [0.25, 0.3) is 0 Å². The van der Waals surface area contributed by atoms with Crippen molar-refractivity contribution in [3.05, 3.63) is 28.8 Å². The van der Waals surface area contributed by atoms with E-state index < -0.39 is 5.97 Å². The van der Waals surface area contributed by atoms with Crippen molar-refractivity contribution in [1.82, 2.24) is 0 Å². The van der Waals surface area contributed by atoms with Crippen molar-refractivity contribution in [3.63, 3.8) is 0 Å². The minimum absolute atomic E-state index is 0.000418. The first-order valence-corrected chi connectivity index (χ1v) is 6.17. The van der Waals surface area contributed by atoms with Crippen molar-refractivity contribution in [3.8, 4) is 0 Å². The first-order chi connectivity index (χ1) is 8.47. The lowest BCUT2D eigenvalue weighted by Crippen LogP contribution is -2.21. The molecule has 0 aliphatic heterocycles. The van der Waals surface area contributed by atoms with Crippen molar-refractivity contribution in [2.75, 3.05) is 5.32 Å². The summed E-state index contributed by atoms with van der Waals surface area (Å²) in [7, 11) is 0. The van der Waals surface area contributed by atoms with E-state index in [0.717, 1.165) is 12.8 Å². The number of anilines is 1. The number of benzene rings is 1. The van der Waals surface area contributed by atoms with Crippen LogP contribution in [0.5, 0.6) is 0 Å². The van der Waals surface area contributed by atoms with Crippen LogP contribution in [0.15, 0.2) is 18.2 Å². The van der Waals surface area contributed by atoms with E-state index in [1.54, 1.807) is 13.0 Å². The number of para-hydroxylation sites is 1. The van der Waals surface area contributed by atoms with Gasteiger partial charge in [-0.15, -0.1) is 0 Å². The molecule has 5 heteroatoms. The number of carboxylic acid groups (broad SMARTS) is 1. The normalized spacial score (nSPS) is 11.9. The molecule has 0 aliphatic carbocycles. The van der Waals surface area contributed by atoms with Gasteiger partial charge in [-0.2, -0.15) is 0 Å². The maximum Gasteiger partial charge on any atom is 0.337 e. The largest absolute Gasteiger partial charge is 0.478 e. The third-order valence-corrected chi connectivity index (χ3v) is 2.98. The number of carboxylic acids is 1. The van der Waals surface area contributed by atoms with Crippen LogP contribution >= 0.6 is 11.6 Å². The van der Waals surface area contributed by atoms with Gasteiger partial charge in [0, 0.05) is 5.92 Å². The van der Waals surface area contributed by atoms with E-state index in [1.807, 2.05) is 6.92 Å². The summed E-state index contributed by atoms with van der Waals surface area (Å²) in [5, 5.41) is 11.9. The molecule has 0 aromatic heterocycles. The van der Waals surface area contributed by atoms with Gasteiger partial charge < -0.3 is 10.4 Å². The van der Waals surface area contributed by atoms with Crippen LogP contribution in [-0.2, 0) is 4.79 Å². The molecule has 0 saturated carbocycles. The third kappa shape index (κ3) is 3.47. The molecule has 0 fully saturated rings. The summed E-state index contributed by atoms with van der Waals surface area (Å²) in [4.78, 5) is 22.9. The summed E-state index contributed by atoms with van der Waals surface area (Å²) in [6, 6.07) is 4.50. The summed E-state index contributed by atoms with van der Waals surface area (Å²) < 4.78 is 0. The average Bonchev–Trinajstić information content (AvgIpc) is 2.31. The van der Waals surface area contributed by atoms with Crippen LogP contribution in [0.2, 0.25) is 5.02 Å². The van der Waals surface area contributed by atoms with Crippen LogP contribution in [-0.4, -0.2) is 17.0 Å². The molecule has 0 spiro atoms. The second-order valence-electron chi connectivity index (χ2n) is 4.15. The monoisotopic (exact) mass is 269 g/mol. The van der Waals surface area contributed by atoms with Gasteiger partial charge in [0.15, 0.2) is 0 Å². The fourth-order valence-electron chi connectivity index (χ4n) is 1.64. The van der Waals surface area contributed by atoms with Gasteiger partial charge in [0.05, 0.1) is 16.3 Å². The molecule has 1 rings (SSSR count). The Hall–Kier alpha value is -1.55. The number of hydrogen-bond donors (Lipinski definition) is 2. The first kappa shape index (κ1) is 14.5. The van der Waals surface area contributed by atoms with E-state index in [4.69, 9.17) is 16.7 Å². The predicted octanol–water partition coefficient (Wildman–Crippen LogP) is 3.41. The van der Waals surface area contributed by atoms with Crippen molar-refractivity contribution < 1.29 is 14.7 Å². The molecular weight excluding hydrogens is 254 g/mol. The number of rotatable bonds is 5. The molecule has 2 N–H and O–H groups in total. The van der Waals surface area contributed by atoms with Crippen LogP contribution in [0.1, 0.15) is 37.0 Å². The van der Waals surface area contributed by atoms with Gasteiger partial charge in [-0.1, -0.05) is 37.9 Å². The number of carbonyl (C=O) groups excluding carboxylic acids is 1. The molecule has 0 aliphatic rings. The number of hydrogen-bond acceptors (Lipinski definition) is 2. The Balaban J connectivity index is 2.96. The number of aromatic carboxylic acids is 1. The molecule has 98 valence electrons. The fourth-order valence-corrected chi connectivity index (χ4v) is 1.86. The molecule has 1 aromatic rings. The zero-order valence-corrected chi connectivity index (χ0v) is 11.1. The topological polar surface area (TPSA) is 66.4 Å². The summed E-state index contributed by atoms with van der Waals surface area (Å²) >= 11 is 5.92. The quantitative estimate of drug-likeness (QED) is 0.861. The highest BCUT2D eigenvalue weighted by Gasteiger charge is 2.18. The van der Waals surface area contributed by atoms with Crippen LogP contribution in [0.4, 0.5) is 5.69 Å². The van der Waals surface area contributed by atoms with E-state index in [-0.39, 0.29) is 28.1 Å². The zero-order valence-electron chi connectivity index (χ0n) is 10.4. The van der Waals surface area contributed by atoms with Gasteiger partial charge in [0.2, 0.25) is 5.91 Å². The maximum atomic E-state index is 11.9. The van der Waals surface area contributed by atoms with Crippen molar-refractivity contribution >= 4 is 29.2 Å². The van der Waals surface area contributed by atoms with Crippen LogP contribution < -0.4 is 5.32 Å². The molecule has 1 unspecified atom stereocenters.